The minimum atomic E-state index is 0.853. The predicted octanol–water partition coefficient (Wildman–Crippen LogP) is 7.73. The average molecular weight is 461 g/mol. The van der Waals surface area contributed by atoms with Gasteiger partial charge in [0.15, 0.2) is 0 Å². The van der Waals surface area contributed by atoms with Crippen LogP contribution in [0.4, 0.5) is 0 Å². The number of hydrogen-bond donors (Lipinski definition) is 0. The molecule has 0 saturated carbocycles. The van der Waals surface area contributed by atoms with Crippen LogP contribution in [0.25, 0.3) is 66.6 Å². The second-order valence-electron chi connectivity index (χ2n) is 8.82. The van der Waals surface area contributed by atoms with Crippen LogP contribution in [0.1, 0.15) is 0 Å². The Hall–Kier alpha value is -4.96. The van der Waals surface area contributed by atoms with E-state index in [0.29, 0.717) is 0 Å². The monoisotopic (exact) mass is 460 g/mol. The highest BCUT2D eigenvalue weighted by Gasteiger charge is 2.09. The summed E-state index contributed by atoms with van der Waals surface area (Å²) in [6.45, 7) is 0. The largest absolute Gasteiger partial charge is 0.255 e. The standard InChI is InChI=1S/C32H20N4/c1-2-7-22-20-32-25(18-21(22)6-1)13-16-31(36-32)29-10-5-9-26(34-29)23-11-14-27-24(19-23)12-15-30(35-27)28-8-3-4-17-33-28/h1-20H. The van der Waals surface area contributed by atoms with E-state index in [-0.39, 0.29) is 0 Å². The smallest absolute Gasteiger partial charge is 0.0894 e. The van der Waals surface area contributed by atoms with Crippen molar-refractivity contribution in [1.29, 1.82) is 0 Å². The van der Waals surface area contributed by atoms with Gasteiger partial charge in [-0.15, -0.1) is 0 Å². The van der Waals surface area contributed by atoms with Crippen LogP contribution < -0.4 is 0 Å². The number of aromatic nitrogens is 4. The number of hydrogen-bond acceptors (Lipinski definition) is 4. The van der Waals surface area contributed by atoms with Crippen LogP contribution in [0.2, 0.25) is 0 Å². The molecule has 0 atom stereocenters. The van der Waals surface area contributed by atoms with Gasteiger partial charge in [0.05, 0.1) is 39.5 Å². The highest BCUT2D eigenvalue weighted by Crippen LogP contribution is 2.28. The van der Waals surface area contributed by atoms with Gasteiger partial charge < -0.3 is 0 Å². The molecule has 0 aliphatic rings. The molecule has 0 fully saturated rings. The number of nitrogens with zero attached hydrogens (tertiary/aromatic N) is 4. The molecular weight excluding hydrogens is 440 g/mol. The molecule has 0 radical (unpaired) electrons. The molecule has 0 N–H and O–H groups in total. The van der Waals surface area contributed by atoms with E-state index in [2.05, 4.69) is 65.6 Å². The summed E-state index contributed by atoms with van der Waals surface area (Å²) in [5.74, 6) is 0. The predicted molar refractivity (Wildman–Crippen MR) is 146 cm³/mol. The molecule has 7 aromatic rings. The van der Waals surface area contributed by atoms with Crippen molar-refractivity contribution < 1.29 is 0 Å². The molecule has 4 nitrogen and oxygen atoms in total. The van der Waals surface area contributed by atoms with Crippen molar-refractivity contribution in [3.63, 3.8) is 0 Å². The molecule has 4 heteroatoms. The number of rotatable bonds is 3. The van der Waals surface area contributed by atoms with Gasteiger partial charge in [-0.1, -0.05) is 54.6 Å². The maximum atomic E-state index is 4.96. The average Bonchev–Trinajstić information content (AvgIpc) is 2.96. The summed E-state index contributed by atoms with van der Waals surface area (Å²) in [5, 5.41) is 4.60. The Morgan fingerprint density at radius 1 is 0.361 bits per heavy atom. The van der Waals surface area contributed by atoms with E-state index in [9.17, 15) is 0 Å². The number of benzene rings is 3. The van der Waals surface area contributed by atoms with Crippen LogP contribution in [0.15, 0.2) is 121 Å². The van der Waals surface area contributed by atoms with Gasteiger partial charge >= 0.3 is 0 Å². The second kappa shape index (κ2) is 8.36. The third kappa shape index (κ3) is 3.65. The fraction of sp³-hybridized carbons (Fsp3) is 0. The minimum absolute atomic E-state index is 0.853. The molecule has 168 valence electrons. The van der Waals surface area contributed by atoms with E-state index < -0.39 is 0 Å². The van der Waals surface area contributed by atoms with E-state index in [1.54, 1.807) is 6.20 Å². The summed E-state index contributed by atoms with van der Waals surface area (Å²) < 4.78 is 0. The first kappa shape index (κ1) is 20.4. The summed E-state index contributed by atoms with van der Waals surface area (Å²) in [6.07, 6.45) is 1.79. The summed E-state index contributed by atoms with van der Waals surface area (Å²) in [4.78, 5) is 19.1. The quantitative estimate of drug-likeness (QED) is 0.253. The fourth-order valence-corrected chi connectivity index (χ4v) is 4.63. The first-order valence-corrected chi connectivity index (χ1v) is 11.9. The van der Waals surface area contributed by atoms with E-state index in [1.165, 1.54) is 10.8 Å². The lowest BCUT2D eigenvalue weighted by atomic mass is 10.1. The Balaban J connectivity index is 1.26. The molecule has 0 unspecified atom stereocenters. The van der Waals surface area contributed by atoms with Crippen molar-refractivity contribution in [2.75, 3.05) is 0 Å². The SMILES string of the molecule is c1ccc(-c2ccc3cc(-c4cccc(-c5ccc6cc7ccccc7cc6n5)n4)ccc3n2)nc1. The van der Waals surface area contributed by atoms with Crippen LogP contribution in [0, 0.1) is 0 Å². The number of pyridine rings is 4. The van der Waals surface area contributed by atoms with Crippen molar-refractivity contribution in [2.45, 2.75) is 0 Å². The van der Waals surface area contributed by atoms with Gasteiger partial charge in [0.25, 0.3) is 0 Å². The minimum Gasteiger partial charge on any atom is -0.255 e. The van der Waals surface area contributed by atoms with Gasteiger partial charge in [-0.25, -0.2) is 15.0 Å². The van der Waals surface area contributed by atoms with Gasteiger partial charge in [0.2, 0.25) is 0 Å². The van der Waals surface area contributed by atoms with Gasteiger partial charge in [0, 0.05) is 22.5 Å². The van der Waals surface area contributed by atoms with Crippen molar-refractivity contribution in [3.8, 4) is 34.0 Å². The first-order valence-electron chi connectivity index (χ1n) is 11.9. The van der Waals surface area contributed by atoms with Crippen molar-refractivity contribution >= 4 is 32.6 Å². The van der Waals surface area contributed by atoms with Crippen LogP contribution in [0.3, 0.4) is 0 Å². The van der Waals surface area contributed by atoms with Gasteiger partial charge in [-0.3, -0.25) is 4.98 Å². The topological polar surface area (TPSA) is 51.6 Å². The zero-order chi connectivity index (χ0) is 23.9. The molecule has 36 heavy (non-hydrogen) atoms. The lowest BCUT2D eigenvalue weighted by Gasteiger charge is -2.08. The zero-order valence-electron chi connectivity index (χ0n) is 19.3. The van der Waals surface area contributed by atoms with E-state index in [0.717, 1.165) is 55.8 Å². The summed E-state index contributed by atoms with van der Waals surface area (Å²) in [5.41, 5.74) is 7.31. The summed E-state index contributed by atoms with van der Waals surface area (Å²) >= 11 is 0. The maximum Gasteiger partial charge on any atom is 0.0894 e. The van der Waals surface area contributed by atoms with Gasteiger partial charge in [-0.05, 0) is 71.4 Å². The van der Waals surface area contributed by atoms with Crippen molar-refractivity contribution in [2.24, 2.45) is 0 Å². The van der Waals surface area contributed by atoms with Crippen LogP contribution >= 0.6 is 0 Å². The Morgan fingerprint density at radius 3 is 1.86 bits per heavy atom. The Labute approximate surface area is 208 Å². The van der Waals surface area contributed by atoms with E-state index >= 15 is 0 Å². The normalized spacial score (nSPS) is 11.3. The van der Waals surface area contributed by atoms with Crippen molar-refractivity contribution in [1.82, 2.24) is 19.9 Å². The zero-order valence-corrected chi connectivity index (χ0v) is 19.3. The molecule has 0 amide bonds. The highest BCUT2D eigenvalue weighted by molar-refractivity contribution is 5.97. The summed E-state index contributed by atoms with van der Waals surface area (Å²) in [7, 11) is 0. The Bertz CT molecular complexity index is 1890. The third-order valence-corrected chi connectivity index (χ3v) is 6.48. The highest BCUT2D eigenvalue weighted by atomic mass is 14.8. The molecule has 0 aliphatic heterocycles. The fourth-order valence-electron chi connectivity index (χ4n) is 4.63. The molecule has 4 heterocycles. The molecule has 0 aliphatic carbocycles. The molecule has 3 aromatic carbocycles. The molecule has 0 spiro atoms. The Kier molecular flexibility index (Phi) is 4.74. The molecule has 7 rings (SSSR count). The lowest BCUT2D eigenvalue weighted by Crippen LogP contribution is -1.92. The van der Waals surface area contributed by atoms with Crippen LogP contribution in [-0.2, 0) is 0 Å². The van der Waals surface area contributed by atoms with Crippen LogP contribution in [0.5, 0.6) is 0 Å². The molecular formula is C32H20N4. The van der Waals surface area contributed by atoms with Crippen molar-refractivity contribution in [3.05, 3.63) is 121 Å². The third-order valence-electron chi connectivity index (χ3n) is 6.48. The second-order valence-corrected chi connectivity index (χ2v) is 8.82. The number of fused-ring (bicyclic) bond motifs is 3. The van der Waals surface area contributed by atoms with Crippen LogP contribution in [-0.4, -0.2) is 19.9 Å². The van der Waals surface area contributed by atoms with E-state index in [1.807, 2.05) is 54.6 Å². The van der Waals surface area contributed by atoms with Gasteiger partial charge in [-0.2, -0.15) is 0 Å². The molecule has 0 saturated heterocycles. The van der Waals surface area contributed by atoms with Gasteiger partial charge in [0.1, 0.15) is 0 Å². The Morgan fingerprint density at radius 2 is 1.03 bits per heavy atom. The molecule has 4 aromatic heterocycles. The van der Waals surface area contributed by atoms with E-state index in [4.69, 9.17) is 15.0 Å². The maximum absolute atomic E-state index is 4.96. The lowest BCUT2D eigenvalue weighted by molar-refractivity contribution is 1.27. The molecule has 0 bridgehead atoms. The first-order chi connectivity index (χ1) is 17.8. The summed E-state index contributed by atoms with van der Waals surface area (Å²) in [6, 6.07) is 39.2.